The summed E-state index contributed by atoms with van der Waals surface area (Å²) in [5.74, 6) is -1.04. The van der Waals surface area contributed by atoms with Crippen LogP contribution in [0.15, 0.2) is 24.4 Å². The van der Waals surface area contributed by atoms with Crippen LogP contribution >= 0.6 is 0 Å². The first-order valence-electron chi connectivity index (χ1n) is 6.94. The molecule has 1 unspecified atom stereocenters. The number of nitrogens with zero attached hydrogens (tertiary/aromatic N) is 2. The summed E-state index contributed by atoms with van der Waals surface area (Å²) in [6.45, 7) is 8.00. The zero-order chi connectivity index (χ0) is 16.0. The minimum absolute atomic E-state index is 0.347. The first-order valence-corrected chi connectivity index (χ1v) is 6.94. The van der Waals surface area contributed by atoms with E-state index in [9.17, 15) is 14.7 Å². The molecule has 6 nitrogen and oxygen atoms in total. The Balaban J connectivity index is 2.77. The molecule has 6 heteroatoms. The topological polar surface area (TPSA) is 82.5 Å². The highest BCUT2D eigenvalue weighted by Gasteiger charge is 2.33. The van der Waals surface area contributed by atoms with E-state index >= 15 is 0 Å². The van der Waals surface area contributed by atoms with Gasteiger partial charge >= 0.3 is 12.0 Å². The van der Waals surface area contributed by atoms with E-state index in [1.54, 1.807) is 33.0 Å². The van der Waals surface area contributed by atoms with Gasteiger partial charge < -0.3 is 15.3 Å². The van der Waals surface area contributed by atoms with E-state index in [0.29, 0.717) is 13.1 Å². The van der Waals surface area contributed by atoms with Gasteiger partial charge in [-0.05, 0) is 24.5 Å². The molecule has 0 fully saturated rings. The quantitative estimate of drug-likeness (QED) is 0.871. The molecule has 0 spiro atoms. The molecule has 0 aliphatic heterocycles. The van der Waals surface area contributed by atoms with E-state index in [0.717, 1.165) is 5.69 Å². The van der Waals surface area contributed by atoms with Crippen molar-refractivity contribution in [1.82, 2.24) is 15.2 Å². The molecule has 1 aromatic rings. The fourth-order valence-electron chi connectivity index (χ4n) is 1.88. The fourth-order valence-corrected chi connectivity index (χ4v) is 1.88. The largest absolute Gasteiger partial charge is 0.480 e. The van der Waals surface area contributed by atoms with Crippen molar-refractivity contribution in [2.45, 2.75) is 40.3 Å². The Morgan fingerprint density at radius 2 is 2.05 bits per heavy atom. The van der Waals surface area contributed by atoms with Crippen molar-refractivity contribution in [1.29, 1.82) is 0 Å². The standard InChI is InChI=1S/C15H23N3O3/c1-5-18(10-11-8-6-7-9-16-11)14(21)17-12(13(19)20)15(2,3)4/h6-9,12H,5,10H2,1-4H3,(H,17,21)(H,19,20). The average Bonchev–Trinajstić information content (AvgIpc) is 2.41. The molecular formula is C15H23N3O3. The summed E-state index contributed by atoms with van der Waals surface area (Å²) in [6.07, 6.45) is 1.66. The highest BCUT2D eigenvalue weighted by molar-refractivity contribution is 5.83. The van der Waals surface area contributed by atoms with Gasteiger partial charge in [0.25, 0.3) is 0 Å². The van der Waals surface area contributed by atoms with E-state index in [1.807, 2.05) is 19.1 Å². The van der Waals surface area contributed by atoms with Crippen molar-refractivity contribution in [3.8, 4) is 0 Å². The van der Waals surface area contributed by atoms with Crippen molar-refractivity contribution in [3.63, 3.8) is 0 Å². The number of hydrogen-bond donors (Lipinski definition) is 2. The number of urea groups is 1. The molecule has 1 aromatic heterocycles. The van der Waals surface area contributed by atoms with Crippen LogP contribution in [0.3, 0.4) is 0 Å². The van der Waals surface area contributed by atoms with Gasteiger partial charge in [-0.15, -0.1) is 0 Å². The molecular weight excluding hydrogens is 270 g/mol. The maximum absolute atomic E-state index is 12.3. The van der Waals surface area contributed by atoms with Gasteiger partial charge in [0, 0.05) is 12.7 Å². The molecule has 0 bridgehead atoms. The molecule has 0 radical (unpaired) electrons. The highest BCUT2D eigenvalue weighted by atomic mass is 16.4. The second-order valence-corrected chi connectivity index (χ2v) is 5.92. The Morgan fingerprint density at radius 1 is 1.38 bits per heavy atom. The first kappa shape index (κ1) is 16.9. The number of aliphatic carboxylic acids is 1. The number of pyridine rings is 1. The van der Waals surface area contributed by atoms with Crippen molar-refractivity contribution in [2.24, 2.45) is 5.41 Å². The van der Waals surface area contributed by atoms with Crippen LogP contribution in [0.2, 0.25) is 0 Å². The number of carbonyl (C=O) groups is 2. The van der Waals surface area contributed by atoms with Gasteiger partial charge in [0.15, 0.2) is 0 Å². The van der Waals surface area contributed by atoms with Crippen molar-refractivity contribution in [3.05, 3.63) is 30.1 Å². The molecule has 0 saturated heterocycles. The van der Waals surface area contributed by atoms with E-state index in [4.69, 9.17) is 0 Å². The summed E-state index contributed by atoms with van der Waals surface area (Å²) < 4.78 is 0. The van der Waals surface area contributed by atoms with Gasteiger partial charge in [-0.25, -0.2) is 9.59 Å². The monoisotopic (exact) mass is 293 g/mol. The number of nitrogens with one attached hydrogen (secondary N) is 1. The van der Waals surface area contributed by atoms with Crippen LogP contribution < -0.4 is 5.32 Å². The molecule has 0 aliphatic carbocycles. The SMILES string of the molecule is CCN(Cc1ccccn1)C(=O)NC(C(=O)O)C(C)(C)C. The first-order chi connectivity index (χ1) is 9.75. The summed E-state index contributed by atoms with van der Waals surface area (Å²) >= 11 is 0. The maximum Gasteiger partial charge on any atom is 0.326 e. The molecule has 1 heterocycles. The smallest absolute Gasteiger partial charge is 0.326 e. The van der Waals surface area contributed by atoms with Crippen LogP contribution in [-0.4, -0.2) is 39.6 Å². The zero-order valence-electron chi connectivity index (χ0n) is 13.0. The predicted octanol–water partition coefficient (Wildman–Crippen LogP) is 2.11. The highest BCUT2D eigenvalue weighted by Crippen LogP contribution is 2.19. The molecule has 0 aromatic carbocycles. The zero-order valence-corrected chi connectivity index (χ0v) is 13.0. The number of hydrogen-bond acceptors (Lipinski definition) is 3. The molecule has 0 aliphatic rings. The van der Waals surface area contributed by atoms with Gasteiger partial charge in [0.1, 0.15) is 6.04 Å². The minimum atomic E-state index is -1.04. The third kappa shape index (κ3) is 5.06. The number of carboxylic acid groups (broad SMARTS) is 1. The predicted molar refractivity (Wildman–Crippen MR) is 79.7 cm³/mol. The van der Waals surface area contributed by atoms with E-state index < -0.39 is 23.5 Å². The third-order valence-corrected chi connectivity index (χ3v) is 3.13. The summed E-state index contributed by atoms with van der Waals surface area (Å²) in [6, 6.07) is 4.14. The number of aromatic nitrogens is 1. The Morgan fingerprint density at radius 3 is 2.48 bits per heavy atom. The number of carboxylic acids is 1. The molecule has 2 amide bonds. The molecule has 1 rings (SSSR count). The van der Waals surface area contributed by atoms with E-state index in [-0.39, 0.29) is 0 Å². The minimum Gasteiger partial charge on any atom is -0.480 e. The fraction of sp³-hybridized carbons (Fsp3) is 0.533. The van der Waals surface area contributed by atoms with E-state index in [2.05, 4.69) is 10.3 Å². The maximum atomic E-state index is 12.3. The number of amides is 2. The normalized spacial score (nSPS) is 12.6. The second kappa shape index (κ2) is 7.06. The van der Waals surface area contributed by atoms with Gasteiger partial charge in [-0.2, -0.15) is 0 Å². The Hall–Kier alpha value is -2.11. The van der Waals surface area contributed by atoms with Gasteiger partial charge in [-0.3, -0.25) is 4.98 Å². The second-order valence-electron chi connectivity index (χ2n) is 5.92. The van der Waals surface area contributed by atoms with Crippen molar-refractivity contribution >= 4 is 12.0 Å². The van der Waals surface area contributed by atoms with Crippen LogP contribution in [0.5, 0.6) is 0 Å². The molecule has 116 valence electrons. The lowest BCUT2D eigenvalue weighted by Gasteiger charge is -2.30. The van der Waals surface area contributed by atoms with Crippen LogP contribution in [0, 0.1) is 5.41 Å². The number of rotatable bonds is 5. The third-order valence-electron chi connectivity index (χ3n) is 3.13. The molecule has 1 atom stereocenters. The van der Waals surface area contributed by atoms with Crippen LogP contribution in [-0.2, 0) is 11.3 Å². The number of carbonyl (C=O) groups excluding carboxylic acids is 1. The lowest BCUT2D eigenvalue weighted by Crippen LogP contribution is -2.53. The van der Waals surface area contributed by atoms with Gasteiger partial charge in [-0.1, -0.05) is 26.8 Å². The van der Waals surface area contributed by atoms with Crippen molar-refractivity contribution < 1.29 is 14.7 Å². The van der Waals surface area contributed by atoms with Crippen molar-refractivity contribution in [2.75, 3.05) is 6.54 Å². The van der Waals surface area contributed by atoms with Crippen LogP contribution in [0.4, 0.5) is 4.79 Å². The summed E-state index contributed by atoms with van der Waals surface area (Å²) in [5.41, 5.74) is 0.198. The Bertz CT molecular complexity index is 483. The van der Waals surface area contributed by atoms with Gasteiger partial charge in [0.2, 0.25) is 0 Å². The molecule has 21 heavy (non-hydrogen) atoms. The Labute approximate surface area is 125 Å². The van der Waals surface area contributed by atoms with Gasteiger partial charge in [0.05, 0.1) is 12.2 Å². The summed E-state index contributed by atoms with van der Waals surface area (Å²) in [7, 11) is 0. The van der Waals surface area contributed by atoms with E-state index in [1.165, 1.54) is 4.90 Å². The lowest BCUT2D eigenvalue weighted by atomic mass is 9.87. The summed E-state index contributed by atoms with van der Waals surface area (Å²) in [5, 5.41) is 11.8. The summed E-state index contributed by atoms with van der Waals surface area (Å²) in [4.78, 5) is 29.3. The Kier molecular flexibility index (Phi) is 5.69. The molecule has 0 saturated carbocycles. The average molecular weight is 293 g/mol. The van der Waals surface area contributed by atoms with Crippen LogP contribution in [0.25, 0.3) is 0 Å². The lowest BCUT2D eigenvalue weighted by molar-refractivity contribution is -0.142. The van der Waals surface area contributed by atoms with Crippen LogP contribution in [0.1, 0.15) is 33.4 Å². The molecule has 2 N–H and O–H groups in total.